The van der Waals surface area contributed by atoms with Crippen molar-refractivity contribution in [3.63, 3.8) is 0 Å². The Kier molecular flexibility index (Phi) is 3.84. The summed E-state index contributed by atoms with van der Waals surface area (Å²) in [4.78, 5) is 36.2. The first kappa shape index (κ1) is 14.8. The van der Waals surface area contributed by atoms with Gasteiger partial charge in [0.1, 0.15) is 11.3 Å². The minimum atomic E-state index is -1.15. The van der Waals surface area contributed by atoms with Crippen LogP contribution >= 0.6 is 0 Å². The standard InChI is InChI=1S/C14H17N3O4/c1-14(9-3-5-10(21-2)6-4-9)12(19)17(13(20)16-14)8-7-11(15)18/h3-6H,7-8H2,1-2H3,(H2,15,18)(H,16,20)/t14-/m1/s1. The first-order chi connectivity index (χ1) is 9.88. The van der Waals surface area contributed by atoms with E-state index in [1.54, 1.807) is 38.3 Å². The third-order valence-electron chi connectivity index (χ3n) is 3.52. The fraction of sp³-hybridized carbons (Fsp3) is 0.357. The summed E-state index contributed by atoms with van der Waals surface area (Å²) in [6.45, 7) is 1.60. The van der Waals surface area contributed by atoms with Gasteiger partial charge >= 0.3 is 6.03 Å². The number of rotatable bonds is 5. The average Bonchev–Trinajstić information content (AvgIpc) is 2.68. The SMILES string of the molecule is COc1ccc([C@@]2(C)NC(=O)N(CCC(N)=O)C2=O)cc1. The summed E-state index contributed by atoms with van der Waals surface area (Å²) < 4.78 is 5.06. The number of imide groups is 1. The summed E-state index contributed by atoms with van der Waals surface area (Å²) in [5.41, 5.74) is 4.54. The number of urea groups is 1. The Labute approximate surface area is 122 Å². The lowest BCUT2D eigenvalue weighted by atomic mass is 9.92. The summed E-state index contributed by atoms with van der Waals surface area (Å²) in [6, 6.07) is 6.33. The molecule has 0 unspecified atom stereocenters. The van der Waals surface area contributed by atoms with E-state index in [9.17, 15) is 14.4 Å². The molecule has 1 saturated heterocycles. The quantitative estimate of drug-likeness (QED) is 0.763. The lowest BCUT2D eigenvalue weighted by Crippen LogP contribution is -2.41. The number of amides is 4. The van der Waals surface area contributed by atoms with Gasteiger partial charge in [0.05, 0.1) is 7.11 Å². The normalized spacial score (nSPS) is 21.3. The number of hydrogen-bond acceptors (Lipinski definition) is 4. The smallest absolute Gasteiger partial charge is 0.325 e. The van der Waals surface area contributed by atoms with Crippen LogP contribution in [0.1, 0.15) is 18.9 Å². The number of methoxy groups -OCH3 is 1. The second kappa shape index (κ2) is 5.43. The fourth-order valence-electron chi connectivity index (χ4n) is 2.24. The molecule has 0 bridgehead atoms. The molecule has 7 nitrogen and oxygen atoms in total. The van der Waals surface area contributed by atoms with Gasteiger partial charge in [-0.25, -0.2) is 4.79 Å². The first-order valence-electron chi connectivity index (χ1n) is 6.45. The van der Waals surface area contributed by atoms with Crippen molar-refractivity contribution in [3.05, 3.63) is 29.8 Å². The molecule has 0 aliphatic carbocycles. The van der Waals surface area contributed by atoms with Gasteiger partial charge in [0.25, 0.3) is 5.91 Å². The van der Waals surface area contributed by atoms with Crippen LogP contribution in [0.25, 0.3) is 0 Å². The van der Waals surface area contributed by atoms with Crippen molar-refractivity contribution in [2.24, 2.45) is 5.73 Å². The zero-order valence-electron chi connectivity index (χ0n) is 11.9. The molecule has 7 heteroatoms. The summed E-state index contributed by atoms with van der Waals surface area (Å²) in [7, 11) is 1.55. The molecule has 3 N–H and O–H groups in total. The molecule has 0 aromatic heterocycles. The van der Waals surface area contributed by atoms with Crippen molar-refractivity contribution in [2.45, 2.75) is 18.9 Å². The summed E-state index contributed by atoms with van der Waals surface area (Å²) >= 11 is 0. The zero-order chi connectivity index (χ0) is 15.6. The lowest BCUT2D eigenvalue weighted by molar-refractivity contribution is -0.131. The number of carbonyl (C=O) groups is 3. The van der Waals surface area contributed by atoms with Crippen molar-refractivity contribution in [2.75, 3.05) is 13.7 Å². The third-order valence-corrected chi connectivity index (χ3v) is 3.52. The predicted molar refractivity (Wildman–Crippen MR) is 74.4 cm³/mol. The Hall–Kier alpha value is -2.57. The van der Waals surface area contributed by atoms with Crippen LogP contribution < -0.4 is 15.8 Å². The fourth-order valence-corrected chi connectivity index (χ4v) is 2.24. The molecule has 1 fully saturated rings. The third kappa shape index (κ3) is 2.67. The summed E-state index contributed by atoms with van der Waals surface area (Å²) in [5.74, 6) is -0.308. The van der Waals surface area contributed by atoms with Gasteiger partial charge in [-0.2, -0.15) is 0 Å². The highest BCUT2D eigenvalue weighted by molar-refractivity contribution is 6.07. The maximum atomic E-state index is 12.5. The number of nitrogens with one attached hydrogen (secondary N) is 1. The van der Waals surface area contributed by atoms with E-state index in [0.29, 0.717) is 11.3 Å². The first-order valence-corrected chi connectivity index (χ1v) is 6.45. The van der Waals surface area contributed by atoms with Crippen LogP contribution in [0.2, 0.25) is 0 Å². The number of benzene rings is 1. The topological polar surface area (TPSA) is 102 Å². The molecule has 112 valence electrons. The Morgan fingerprint density at radius 3 is 2.48 bits per heavy atom. The number of ether oxygens (including phenoxy) is 1. The van der Waals surface area contributed by atoms with Gasteiger partial charge in [-0.15, -0.1) is 0 Å². The Balaban J connectivity index is 2.24. The number of hydrogen-bond donors (Lipinski definition) is 2. The van der Waals surface area contributed by atoms with E-state index in [4.69, 9.17) is 10.5 Å². The largest absolute Gasteiger partial charge is 0.497 e. The second-order valence-corrected chi connectivity index (χ2v) is 4.96. The molecule has 1 heterocycles. The van der Waals surface area contributed by atoms with E-state index in [2.05, 4.69) is 5.32 Å². The molecule has 2 rings (SSSR count). The minimum Gasteiger partial charge on any atom is -0.497 e. The highest BCUT2D eigenvalue weighted by atomic mass is 16.5. The number of carbonyl (C=O) groups excluding carboxylic acids is 3. The van der Waals surface area contributed by atoms with E-state index in [0.717, 1.165) is 4.90 Å². The van der Waals surface area contributed by atoms with E-state index < -0.39 is 23.4 Å². The molecule has 0 saturated carbocycles. The van der Waals surface area contributed by atoms with Crippen molar-refractivity contribution in [1.82, 2.24) is 10.2 Å². The van der Waals surface area contributed by atoms with Gasteiger partial charge in [0.15, 0.2) is 0 Å². The van der Waals surface area contributed by atoms with Crippen LogP contribution in [0.3, 0.4) is 0 Å². The van der Waals surface area contributed by atoms with E-state index in [1.807, 2.05) is 0 Å². The molecule has 4 amide bonds. The van der Waals surface area contributed by atoms with Crippen molar-refractivity contribution in [3.8, 4) is 5.75 Å². The molecule has 1 aromatic carbocycles. The van der Waals surface area contributed by atoms with Crippen LogP contribution in [-0.4, -0.2) is 36.4 Å². The molecule has 1 aromatic rings. The number of nitrogens with zero attached hydrogens (tertiary/aromatic N) is 1. The molecule has 1 aliphatic rings. The highest BCUT2D eigenvalue weighted by Crippen LogP contribution is 2.29. The highest BCUT2D eigenvalue weighted by Gasteiger charge is 2.48. The summed E-state index contributed by atoms with van der Waals surface area (Å²) in [6.07, 6.45) is -0.0577. The predicted octanol–water partition coefficient (Wildman–Crippen LogP) is 0.338. The van der Waals surface area contributed by atoms with E-state index in [-0.39, 0.29) is 13.0 Å². The van der Waals surface area contributed by atoms with Crippen LogP contribution in [-0.2, 0) is 15.1 Å². The maximum Gasteiger partial charge on any atom is 0.325 e. The van der Waals surface area contributed by atoms with Gasteiger partial charge in [0, 0.05) is 13.0 Å². The van der Waals surface area contributed by atoms with Crippen LogP contribution in [0.4, 0.5) is 4.79 Å². The molecular formula is C14H17N3O4. The number of nitrogens with two attached hydrogens (primary N) is 1. The number of primary amides is 1. The van der Waals surface area contributed by atoms with Crippen LogP contribution in [0, 0.1) is 0 Å². The van der Waals surface area contributed by atoms with E-state index >= 15 is 0 Å². The van der Waals surface area contributed by atoms with E-state index in [1.165, 1.54) is 0 Å². The lowest BCUT2D eigenvalue weighted by Gasteiger charge is -2.22. The van der Waals surface area contributed by atoms with Crippen molar-refractivity contribution >= 4 is 17.8 Å². The molecule has 1 atom stereocenters. The van der Waals surface area contributed by atoms with Gasteiger partial charge in [0.2, 0.25) is 5.91 Å². The van der Waals surface area contributed by atoms with Gasteiger partial charge in [-0.1, -0.05) is 12.1 Å². The Morgan fingerprint density at radius 2 is 1.95 bits per heavy atom. The van der Waals surface area contributed by atoms with Gasteiger partial charge in [-0.05, 0) is 24.6 Å². The van der Waals surface area contributed by atoms with Crippen LogP contribution in [0.15, 0.2) is 24.3 Å². The second-order valence-electron chi connectivity index (χ2n) is 4.96. The van der Waals surface area contributed by atoms with Crippen molar-refractivity contribution in [1.29, 1.82) is 0 Å². The molecule has 21 heavy (non-hydrogen) atoms. The maximum absolute atomic E-state index is 12.5. The average molecular weight is 291 g/mol. The molecular weight excluding hydrogens is 274 g/mol. The van der Waals surface area contributed by atoms with Gasteiger partial charge < -0.3 is 15.8 Å². The monoisotopic (exact) mass is 291 g/mol. The van der Waals surface area contributed by atoms with Crippen molar-refractivity contribution < 1.29 is 19.1 Å². The van der Waals surface area contributed by atoms with Crippen LogP contribution in [0.5, 0.6) is 5.75 Å². The molecule has 1 aliphatic heterocycles. The molecule has 0 radical (unpaired) electrons. The zero-order valence-corrected chi connectivity index (χ0v) is 11.9. The van der Waals surface area contributed by atoms with Gasteiger partial charge in [-0.3, -0.25) is 14.5 Å². The summed E-state index contributed by atoms with van der Waals surface area (Å²) in [5, 5.41) is 2.65. The molecule has 0 spiro atoms. The Bertz CT molecular complexity index is 584. The Morgan fingerprint density at radius 1 is 1.33 bits per heavy atom. The minimum absolute atomic E-state index is 0.0221.